The first-order chi connectivity index (χ1) is 10.3. The number of rotatable bonds is 2. The molecule has 1 aliphatic rings. The summed E-state index contributed by atoms with van der Waals surface area (Å²) in [6.07, 6.45) is 0. The van der Waals surface area contributed by atoms with Crippen molar-refractivity contribution in [2.24, 2.45) is 0 Å². The van der Waals surface area contributed by atoms with Crippen LogP contribution in [0.5, 0.6) is 11.5 Å². The summed E-state index contributed by atoms with van der Waals surface area (Å²) in [5.74, 6) is -2.32. The Morgan fingerprint density at radius 2 is 1.41 bits per heavy atom. The van der Waals surface area contributed by atoms with Crippen LogP contribution in [0.4, 0.5) is 0 Å². The van der Waals surface area contributed by atoms with Gasteiger partial charge in [0.1, 0.15) is 5.75 Å². The predicted octanol–water partition coefficient (Wildman–Crippen LogP) is 1.35. The molecule has 0 aliphatic heterocycles. The van der Waals surface area contributed by atoms with Crippen LogP contribution in [0.1, 0.15) is 31.8 Å². The van der Waals surface area contributed by atoms with Crippen molar-refractivity contribution in [2.45, 2.75) is 0 Å². The van der Waals surface area contributed by atoms with E-state index < -0.39 is 39.0 Å². The molecule has 0 spiro atoms. The smallest absolute Gasteiger partial charge is 0.446 e. The zero-order valence-corrected chi connectivity index (χ0v) is 11.6. The molecule has 0 fully saturated rings. The van der Waals surface area contributed by atoms with Crippen molar-refractivity contribution in [3.63, 3.8) is 0 Å². The first-order valence-electron chi connectivity index (χ1n) is 6.01. The van der Waals surface area contributed by atoms with Gasteiger partial charge in [-0.3, -0.25) is 14.1 Å². The predicted molar refractivity (Wildman–Crippen MR) is 73.6 cm³/mol. The van der Waals surface area contributed by atoms with Crippen molar-refractivity contribution in [1.29, 1.82) is 0 Å². The van der Waals surface area contributed by atoms with Crippen molar-refractivity contribution in [3.8, 4) is 11.5 Å². The van der Waals surface area contributed by atoms with Crippen LogP contribution in [0.2, 0.25) is 0 Å². The van der Waals surface area contributed by atoms with E-state index in [0.29, 0.717) is 0 Å². The van der Waals surface area contributed by atoms with Crippen LogP contribution in [0.3, 0.4) is 0 Å². The molecule has 2 aromatic rings. The third-order valence-electron chi connectivity index (χ3n) is 3.21. The number of phenols is 1. The number of aromatic hydroxyl groups is 1. The summed E-state index contributed by atoms with van der Waals surface area (Å²) in [6, 6.07) is 7.93. The highest BCUT2D eigenvalue weighted by atomic mass is 32.3. The monoisotopic (exact) mass is 320 g/mol. The maximum atomic E-state index is 12.5. The minimum absolute atomic E-state index is 0.0609. The lowest BCUT2D eigenvalue weighted by Crippen LogP contribution is -2.22. The van der Waals surface area contributed by atoms with Gasteiger partial charge in [-0.05, 0) is 12.1 Å². The standard InChI is InChI=1S/C14H8O7S/c15-9-5-6-10(21-22(18,19)20)12-11(9)13(16)7-3-1-2-4-8(7)14(12)17/h1-6,15H,(H,18,19,20). The van der Waals surface area contributed by atoms with E-state index in [4.69, 9.17) is 4.55 Å². The zero-order chi connectivity index (χ0) is 16.1. The molecule has 22 heavy (non-hydrogen) atoms. The number of fused-ring (bicyclic) bond motifs is 2. The van der Waals surface area contributed by atoms with E-state index in [-0.39, 0.29) is 16.7 Å². The molecule has 2 aromatic carbocycles. The van der Waals surface area contributed by atoms with Crippen LogP contribution in [-0.2, 0) is 10.4 Å². The Bertz CT molecular complexity index is 928. The van der Waals surface area contributed by atoms with E-state index >= 15 is 0 Å². The normalized spacial score (nSPS) is 13.5. The number of phenolic OH excluding ortho intramolecular Hbond substituents is 1. The average molecular weight is 320 g/mol. The van der Waals surface area contributed by atoms with Crippen molar-refractivity contribution in [3.05, 3.63) is 58.7 Å². The second-order valence-electron chi connectivity index (χ2n) is 4.55. The van der Waals surface area contributed by atoms with Crippen LogP contribution >= 0.6 is 0 Å². The van der Waals surface area contributed by atoms with E-state index in [9.17, 15) is 23.1 Å². The van der Waals surface area contributed by atoms with Gasteiger partial charge >= 0.3 is 10.4 Å². The third kappa shape index (κ3) is 2.14. The van der Waals surface area contributed by atoms with E-state index in [1.807, 2.05) is 0 Å². The fraction of sp³-hybridized carbons (Fsp3) is 0. The van der Waals surface area contributed by atoms with Crippen molar-refractivity contribution in [1.82, 2.24) is 0 Å². The fourth-order valence-corrected chi connectivity index (χ4v) is 2.72. The van der Waals surface area contributed by atoms with Gasteiger partial charge in [0, 0.05) is 11.1 Å². The molecular formula is C14H8O7S. The molecule has 8 heteroatoms. The van der Waals surface area contributed by atoms with Gasteiger partial charge in [-0.1, -0.05) is 24.3 Å². The summed E-state index contributed by atoms with van der Waals surface area (Å²) in [4.78, 5) is 24.9. The summed E-state index contributed by atoms with van der Waals surface area (Å²) < 4.78 is 34.9. The molecule has 1 aliphatic carbocycles. The van der Waals surface area contributed by atoms with Crippen LogP contribution in [0.15, 0.2) is 36.4 Å². The molecule has 0 heterocycles. The Labute approximate surface area is 124 Å². The van der Waals surface area contributed by atoms with Crippen molar-refractivity contribution >= 4 is 22.0 Å². The van der Waals surface area contributed by atoms with Gasteiger partial charge in [0.15, 0.2) is 17.3 Å². The number of hydrogen-bond donors (Lipinski definition) is 2. The minimum atomic E-state index is -4.89. The Morgan fingerprint density at radius 3 is 1.95 bits per heavy atom. The first kappa shape index (κ1) is 14.2. The molecular weight excluding hydrogens is 312 g/mol. The molecule has 0 amide bonds. The molecule has 0 aromatic heterocycles. The summed E-state index contributed by atoms with van der Waals surface area (Å²) in [7, 11) is -4.89. The number of carbonyl (C=O) groups excluding carboxylic acids is 2. The zero-order valence-electron chi connectivity index (χ0n) is 10.8. The Hall–Kier alpha value is -2.71. The highest BCUT2D eigenvalue weighted by molar-refractivity contribution is 7.81. The number of carbonyl (C=O) groups is 2. The van der Waals surface area contributed by atoms with Gasteiger partial charge in [0.2, 0.25) is 0 Å². The number of hydrogen-bond acceptors (Lipinski definition) is 6. The first-order valence-corrected chi connectivity index (χ1v) is 7.37. The molecule has 0 radical (unpaired) electrons. The topological polar surface area (TPSA) is 118 Å². The van der Waals surface area contributed by atoms with Gasteiger partial charge in [-0.15, -0.1) is 0 Å². The maximum Gasteiger partial charge on any atom is 0.446 e. The summed E-state index contributed by atoms with van der Waals surface area (Å²) in [5.41, 5.74) is -0.601. The lowest BCUT2D eigenvalue weighted by atomic mass is 9.83. The Balaban J connectivity index is 2.32. The van der Waals surface area contributed by atoms with E-state index in [1.54, 1.807) is 12.1 Å². The summed E-state index contributed by atoms with van der Waals surface area (Å²) in [6.45, 7) is 0. The van der Waals surface area contributed by atoms with Crippen LogP contribution in [-0.4, -0.2) is 29.6 Å². The largest absolute Gasteiger partial charge is 0.507 e. The van der Waals surface area contributed by atoms with Crippen molar-refractivity contribution < 1.29 is 31.8 Å². The molecule has 3 rings (SSSR count). The Kier molecular flexibility index (Phi) is 3.01. The molecule has 0 unspecified atom stereocenters. The molecule has 0 saturated carbocycles. The molecule has 7 nitrogen and oxygen atoms in total. The SMILES string of the molecule is O=C1c2ccccc2C(=O)c2c(OS(=O)(=O)O)ccc(O)c21. The van der Waals surface area contributed by atoms with Crippen molar-refractivity contribution in [2.75, 3.05) is 0 Å². The highest BCUT2D eigenvalue weighted by Gasteiger charge is 2.35. The Morgan fingerprint density at radius 1 is 0.864 bits per heavy atom. The lowest BCUT2D eigenvalue weighted by Gasteiger charge is -2.20. The minimum Gasteiger partial charge on any atom is -0.507 e. The second kappa shape index (κ2) is 4.65. The molecule has 2 N–H and O–H groups in total. The quantitative estimate of drug-likeness (QED) is 0.684. The van der Waals surface area contributed by atoms with Gasteiger partial charge in [-0.25, -0.2) is 0 Å². The van der Waals surface area contributed by atoms with Gasteiger partial charge in [0.05, 0.1) is 11.1 Å². The summed E-state index contributed by atoms with van der Waals surface area (Å²) >= 11 is 0. The lowest BCUT2D eigenvalue weighted by molar-refractivity contribution is 0.0975. The summed E-state index contributed by atoms with van der Waals surface area (Å²) in [5, 5.41) is 9.85. The van der Waals surface area contributed by atoms with E-state index in [1.165, 1.54) is 12.1 Å². The average Bonchev–Trinajstić information content (AvgIpc) is 2.45. The molecule has 0 atom stereocenters. The van der Waals surface area contributed by atoms with E-state index in [2.05, 4.69) is 4.18 Å². The molecule has 0 saturated heterocycles. The van der Waals surface area contributed by atoms with E-state index in [0.717, 1.165) is 12.1 Å². The van der Waals surface area contributed by atoms with Gasteiger partial charge < -0.3 is 9.29 Å². The van der Waals surface area contributed by atoms with Crippen LogP contribution in [0.25, 0.3) is 0 Å². The third-order valence-corrected chi connectivity index (χ3v) is 3.60. The van der Waals surface area contributed by atoms with Gasteiger partial charge in [0.25, 0.3) is 0 Å². The number of ketones is 2. The highest BCUT2D eigenvalue weighted by Crippen LogP contribution is 2.38. The maximum absolute atomic E-state index is 12.5. The molecule has 112 valence electrons. The van der Waals surface area contributed by atoms with Crippen LogP contribution in [0, 0.1) is 0 Å². The van der Waals surface area contributed by atoms with Gasteiger partial charge in [-0.2, -0.15) is 8.42 Å². The van der Waals surface area contributed by atoms with Crippen LogP contribution < -0.4 is 4.18 Å². The number of benzene rings is 2. The second-order valence-corrected chi connectivity index (χ2v) is 5.57. The molecule has 0 bridgehead atoms. The fourth-order valence-electron chi connectivity index (χ4n) is 2.36.